The molecule has 2 saturated carbocycles. The summed E-state index contributed by atoms with van der Waals surface area (Å²) in [6.07, 6.45) is 11.0. The summed E-state index contributed by atoms with van der Waals surface area (Å²) in [6.45, 7) is 4.30. The van der Waals surface area contributed by atoms with Gasteiger partial charge < -0.3 is 0 Å². The average molecular weight is 427 g/mol. The summed E-state index contributed by atoms with van der Waals surface area (Å²) in [5.74, 6) is 0.693. The Balaban J connectivity index is 1.35. The third-order valence-corrected chi connectivity index (χ3v) is 8.45. The molecular weight excluding hydrogens is 393 g/mol. The van der Waals surface area contributed by atoms with E-state index in [0.717, 1.165) is 42.6 Å². The first-order valence-corrected chi connectivity index (χ1v) is 12.3. The van der Waals surface area contributed by atoms with Gasteiger partial charge in [-0.1, -0.05) is 45.2 Å². The highest BCUT2D eigenvalue weighted by molar-refractivity contribution is 6.03. The van der Waals surface area contributed by atoms with Crippen LogP contribution in [0.3, 0.4) is 0 Å². The fraction of sp³-hybridized carbons (Fsp3) is 0.571. The first-order valence-electron chi connectivity index (χ1n) is 12.3. The molecule has 2 fully saturated rings. The zero-order valence-corrected chi connectivity index (χ0v) is 18.7. The van der Waals surface area contributed by atoms with Crippen LogP contribution in [0.5, 0.6) is 0 Å². The Morgan fingerprint density at radius 1 is 0.742 bits per heavy atom. The van der Waals surface area contributed by atoms with Gasteiger partial charge in [0.1, 0.15) is 5.82 Å². The van der Waals surface area contributed by atoms with Crippen molar-refractivity contribution in [1.82, 2.24) is 0 Å². The van der Waals surface area contributed by atoms with E-state index in [9.17, 15) is 8.78 Å². The Bertz CT molecular complexity index is 976. The summed E-state index contributed by atoms with van der Waals surface area (Å²) >= 11 is 0. The molecule has 2 aromatic carbocycles. The molecule has 2 aromatic rings. The van der Waals surface area contributed by atoms with Gasteiger partial charge in [0.25, 0.3) is 0 Å². The van der Waals surface area contributed by atoms with Crippen LogP contribution in [0.2, 0.25) is 0 Å². The summed E-state index contributed by atoms with van der Waals surface area (Å²) in [5, 5.41) is 0. The second-order valence-corrected chi connectivity index (χ2v) is 10.4. The number of benzene rings is 2. The number of halogens is 3. The third-order valence-electron chi connectivity index (χ3n) is 8.45. The van der Waals surface area contributed by atoms with Gasteiger partial charge in [0, 0.05) is 11.1 Å². The molecule has 0 N–H and O–H groups in total. The molecule has 0 nitrogen and oxygen atoms in total. The lowest BCUT2D eigenvalue weighted by molar-refractivity contribution is 0.164. The molecule has 0 heterocycles. The normalized spacial score (nSPS) is 27.4. The van der Waals surface area contributed by atoms with Crippen molar-refractivity contribution in [2.24, 2.45) is 17.8 Å². The van der Waals surface area contributed by atoms with Gasteiger partial charge in [-0.3, -0.25) is 0 Å². The van der Waals surface area contributed by atoms with E-state index in [0.29, 0.717) is 28.7 Å². The van der Waals surface area contributed by atoms with Crippen molar-refractivity contribution in [3.05, 3.63) is 46.8 Å². The number of hydrogen-bond acceptors (Lipinski definition) is 0. The van der Waals surface area contributed by atoms with Gasteiger partial charge in [-0.15, -0.1) is 0 Å². The van der Waals surface area contributed by atoms with Crippen LogP contribution in [-0.2, 0) is 6.42 Å². The van der Waals surface area contributed by atoms with Gasteiger partial charge in [-0.2, -0.15) is 0 Å². The van der Waals surface area contributed by atoms with Gasteiger partial charge in [0.15, 0.2) is 11.6 Å². The Hall–Kier alpha value is -1.77. The van der Waals surface area contributed by atoms with E-state index in [1.54, 1.807) is 6.07 Å². The van der Waals surface area contributed by atoms with E-state index in [-0.39, 0.29) is 17.3 Å². The van der Waals surface area contributed by atoms with E-state index in [1.807, 2.05) is 19.1 Å². The highest BCUT2D eigenvalue weighted by atomic mass is 19.2. The number of hydrogen-bond donors (Lipinski definition) is 0. The summed E-state index contributed by atoms with van der Waals surface area (Å²) < 4.78 is 44.8. The molecule has 0 aliphatic heterocycles. The minimum absolute atomic E-state index is 0.150. The van der Waals surface area contributed by atoms with E-state index >= 15 is 4.39 Å². The molecule has 5 rings (SSSR count). The molecule has 3 aliphatic rings. The smallest absolute Gasteiger partial charge is 0.167 e. The van der Waals surface area contributed by atoms with Crippen LogP contribution in [-0.4, -0.2) is 0 Å². The first-order chi connectivity index (χ1) is 15.0. The van der Waals surface area contributed by atoms with Gasteiger partial charge in [-0.25, -0.2) is 13.2 Å². The highest BCUT2D eigenvalue weighted by Gasteiger charge is 2.36. The minimum Gasteiger partial charge on any atom is -0.206 e. The van der Waals surface area contributed by atoms with Crippen LogP contribution in [0, 0.1) is 35.2 Å². The molecule has 0 radical (unpaired) electrons. The molecule has 166 valence electrons. The van der Waals surface area contributed by atoms with Crippen LogP contribution < -0.4 is 0 Å². The van der Waals surface area contributed by atoms with Gasteiger partial charge >= 0.3 is 0 Å². The Morgan fingerprint density at radius 3 is 2.00 bits per heavy atom. The molecule has 0 spiro atoms. The van der Waals surface area contributed by atoms with Crippen molar-refractivity contribution >= 4 is 0 Å². The maximum Gasteiger partial charge on any atom is 0.167 e. The number of aryl methyl sites for hydroxylation is 1. The molecule has 31 heavy (non-hydrogen) atoms. The molecule has 3 heteroatoms. The number of fused-ring (bicyclic) bond motifs is 4. The fourth-order valence-electron chi connectivity index (χ4n) is 6.56. The molecule has 0 amide bonds. The molecule has 0 aromatic heterocycles. The average Bonchev–Trinajstić information content (AvgIpc) is 2.77. The lowest BCUT2D eigenvalue weighted by Crippen LogP contribution is -2.25. The number of rotatable bonds is 4. The predicted octanol–water partition coefficient (Wildman–Crippen LogP) is 8.80. The first kappa shape index (κ1) is 21.1. The summed E-state index contributed by atoms with van der Waals surface area (Å²) in [7, 11) is 0. The molecular formula is C28H33F3. The van der Waals surface area contributed by atoms with Gasteiger partial charge in [-0.05, 0) is 96.9 Å². The lowest BCUT2D eigenvalue weighted by Gasteiger charge is -2.38. The zero-order valence-electron chi connectivity index (χ0n) is 18.7. The van der Waals surface area contributed by atoms with Crippen LogP contribution >= 0.6 is 0 Å². The van der Waals surface area contributed by atoms with Gasteiger partial charge in [0.2, 0.25) is 0 Å². The van der Waals surface area contributed by atoms with Crippen molar-refractivity contribution in [3.63, 3.8) is 0 Å². The van der Waals surface area contributed by atoms with Gasteiger partial charge in [0.05, 0.1) is 0 Å². The Morgan fingerprint density at radius 2 is 1.35 bits per heavy atom. The molecule has 0 atom stereocenters. The summed E-state index contributed by atoms with van der Waals surface area (Å²) in [5.41, 5.74) is 2.95. The van der Waals surface area contributed by atoms with Crippen LogP contribution in [0.4, 0.5) is 13.2 Å². The standard InChI is InChI=1S/C28H33F3/c1-3-4-20-15-23-22-14-13-21(27(30)24(22)25(23)28(31)26(20)29)19-11-9-18(10-12-19)17-7-5-16(2)6-8-17/h13-19H,3-12H2,1-2H3. The maximum atomic E-state index is 15.5. The quantitative estimate of drug-likeness (QED) is 0.391. The second kappa shape index (κ2) is 8.30. The topological polar surface area (TPSA) is 0 Å². The van der Waals surface area contributed by atoms with E-state index in [1.165, 1.54) is 38.5 Å². The van der Waals surface area contributed by atoms with Crippen LogP contribution in [0.1, 0.15) is 88.7 Å². The lowest BCUT2D eigenvalue weighted by atomic mass is 9.68. The van der Waals surface area contributed by atoms with Crippen molar-refractivity contribution in [2.45, 2.75) is 84.0 Å². The predicted molar refractivity (Wildman–Crippen MR) is 121 cm³/mol. The van der Waals surface area contributed by atoms with Crippen molar-refractivity contribution in [3.8, 4) is 22.3 Å². The Labute approximate surface area is 184 Å². The Kier molecular flexibility index (Phi) is 5.65. The highest BCUT2D eigenvalue weighted by Crippen LogP contribution is 2.53. The van der Waals surface area contributed by atoms with E-state index < -0.39 is 11.6 Å². The van der Waals surface area contributed by atoms with Crippen molar-refractivity contribution in [2.75, 3.05) is 0 Å². The summed E-state index contributed by atoms with van der Waals surface area (Å²) in [4.78, 5) is 0. The van der Waals surface area contributed by atoms with E-state index in [2.05, 4.69) is 6.92 Å². The largest absolute Gasteiger partial charge is 0.206 e. The minimum atomic E-state index is -0.875. The summed E-state index contributed by atoms with van der Waals surface area (Å²) in [6, 6.07) is 5.55. The third kappa shape index (κ3) is 3.52. The fourth-order valence-corrected chi connectivity index (χ4v) is 6.56. The molecule has 0 saturated heterocycles. The molecule has 3 aliphatic carbocycles. The van der Waals surface area contributed by atoms with Crippen LogP contribution in [0.15, 0.2) is 18.2 Å². The zero-order chi connectivity index (χ0) is 21.7. The van der Waals surface area contributed by atoms with Crippen molar-refractivity contribution in [1.29, 1.82) is 0 Å². The molecule has 0 unspecified atom stereocenters. The monoisotopic (exact) mass is 426 g/mol. The maximum absolute atomic E-state index is 15.5. The molecule has 0 bridgehead atoms. The second-order valence-electron chi connectivity index (χ2n) is 10.4. The van der Waals surface area contributed by atoms with Crippen molar-refractivity contribution < 1.29 is 13.2 Å². The van der Waals surface area contributed by atoms with Crippen LogP contribution in [0.25, 0.3) is 22.3 Å². The SMILES string of the molecule is CCCc1cc2c(c(F)c1F)-c1c-2ccc(C2CCC(C3CCC(C)CC3)CC2)c1F. The van der Waals surface area contributed by atoms with E-state index in [4.69, 9.17) is 0 Å².